The van der Waals surface area contributed by atoms with E-state index in [1.165, 1.54) is 0 Å². The molecule has 0 aliphatic rings. The van der Waals surface area contributed by atoms with Crippen molar-refractivity contribution < 1.29 is 21.7 Å². The molecule has 20 valence electrons. The molecule has 0 aliphatic heterocycles. The number of rotatable bonds is 0. The van der Waals surface area contributed by atoms with Crippen molar-refractivity contribution in [3.63, 3.8) is 0 Å². The predicted octanol–water partition coefficient (Wildman–Crippen LogP) is 0.323. The van der Waals surface area contributed by atoms with Gasteiger partial charge in [-0.1, -0.05) is 0 Å². The van der Waals surface area contributed by atoms with Gasteiger partial charge in [-0.3, -0.25) is 0 Å². The van der Waals surface area contributed by atoms with Crippen LogP contribution in [-0.4, -0.2) is 0 Å². The van der Waals surface area contributed by atoms with E-state index in [2.05, 4.69) is 0 Å². The zero-order valence-corrected chi connectivity index (χ0v) is 4.06. The summed E-state index contributed by atoms with van der Waals surface area (Å²) in [5, 5.41) is 0. The Hall–Kier alpha value is -0.166. The van der Waals surface area contributed by atoms with E-state index in [-0.39, 0.29) is 21.7 Å². The Bertz CT molecular complexity index is 19.1. The summed E-state index contributed by atoms with van der Waals surface area (Å²) in [6.45, 7) is 0. The van der Waals surface area contributed by atoms with Crippen LogP contribution in [0.2, 0.25) is 0 Å². The van der Waals surface area contributed by atoms with E-state index in [0.29, 0.717) is 0 Å². The van der Waals surface area contributed by atoms with Crippen molar-refractivity contribution in [1.29, 1.82) is 0 Å². The zero-order valence-electron chi connectivity index (χ0n) is 2.50. The van der Waals surface area contributed by atoms with Gasteiger partial charge >= 0.3 is 21.7 Å². The van der Waals surface area contributed by atoms with Gasteiger partial charge in [0.15, 0.2) is 0 Å². The second-order valence-corrected chi connectivity index (χ2v) is 0. The van der Waals surface area contributed by atoms with Crippen LogP contribution in [0.5, 0.6) is 0 Å². The van der Waals surface area contributed by atoms with Gasteiger partial charge in [0.05, 0.1) is 0 Å². The van der Waals surface area contributed by atoms with Crippen molar-refractivity contribution in [2.75, 3.05) is 0 Å². The first-order chi connectivity index (χ1) is 2.00. The SMILES string of the molecule is [C-]#[C-].[C-]#[C-].[Ti+4]. The molecule has 0 fully saturated rings. The fourth-order valence-corrected chi connectivity index (χ4v) is 0. The second kappa shape index (κ2) is 1120. The number of hydrogen-bond acceptors (Lipinski definition) is 0. The molecule has 0 unspecified atom stereocenters. The molecule has 0 N–H and O–H groups in total. The molecule has 0 aromatic heterocycles. The van der Waals surface area contributed by atoms with Gasteiger partial charge < -0.3 is 25.7 Å². The minimum absolute atomic E-state index is 0. The average molecular weight is 95.9 g/mol. The van der Waals surface area contributed by atoms with Crippen LogP contribution < -0.4 is 0 Å². The van der Waals surface area contributed by atoms with Gasteiger partial charge in [0.25, 0.3) is 0 Å². The molecule has 0 aliphatic carbocycles. The van der Waals surface area contributed by atoms with Gasteiger partial charge in [-0.15, -0.1) is 0 Å². The summed E-state index contributed by atoms with van der Waals surface area (Å²) >= 11 is 0. The average Bonchev–Trinajstić information content (AvgIpc) is 1.50. The van der Waals surface area contributed by atoms with Crippen LogP contribution in [-0.2, 0) is 21.7 Å². The third kappa shape index (κ3) is 470. The summed E-state index contributed by atoms with van der Waals surface area (Å²) in [4.78, 5) is 0. The standard InChI is InChI=1S/2C2.Ti/c2*1-2;/q2*-2;+4. The van der Waals surface area contributed by atoms with Crippen molar-refractivity contribution in [3.05, 3.63) is 25.7 Å². The van der Waals surface area contributed by atoms with E-state index in [0.717, 1.165) is 0 Å². The smallest absolute Gasteiger partial charge is 1.00 e. The first-order valence-electron chi connectivity index (χ1n) is 0.500. The number of hydrogen-bond donors (Lipinski definition) is 0. The summed E-state index contributed by atoms with van der Waals surface area (Å²) in [6.07, 6.45) is 20.0. The fourth-order valence-electron chi connectivity index (χ4n) is 0. The Kier molecular flexibility index (Phi) is 4740. The maximum absolute atomic E-state index is 5.00. The van der Waals surface area contributed by atoms with Crippen LogP contribution in [0.25, 0.3) is 0 Å². The molecule has 0 saturated carbocycles. The van der Waals surface area contributed by atoms with Crippen LogP contribution in [0.15, 0.2) is 0 Å². The normalized spacial score (nSPS) is 0.800. The van der Waals surface area contributed by atoms with Gasteiger partial charge in [0.2, 0.25) is 0 Å². The van der Waals surface area contributed by atoms with Crippen molar-refractivity contribution in [1.82, 2.24) is 0 Å². The largest absolute Gasteiger partial charge is 4.00 e. The van der Waals surface area contributed by atoms with E-state index in [1.54, 1.807) is 0 Å². The second-order valence-electron chi connectivity index (χ2n) is 0. The minimum atomic E-state index is 0. The molecule has 0 atom stereocenters. The van der Waals surface area contributed by atoms with E-state index >= 15 is 0 Å². The molecule has 0 nitrogen and oxygen atoms in total. The molecule has 0 saturated heterocycles. The molecule has 1 heteroatoms. The maximum Gasteiger partial charge on any atom is 4.00 e. The third-order valence-corrected chi connectivity index (χ3v) is 0. The van der Waals surface area contributed by atoms with Gasteiger partial charge in [0.1, 0.15) is 0 Å². The molecule has 0 spiro atoms. The molecule has 0 bridgehead atoms. The topological polar surface area (TPSA) is 0 Å². The first kappa shape index (κ1) is 21.1. The monoisotopic (exact) mass is 95.9 g/mol. The Balaban J connectivity index is -0.0000000133. The molecule has 0 heterocycles. The molecule has 5 heavy (non-hydrogen) atoms. The van der Waals surface area contributed by atoms with Gasteiger partial charge in [-0.25, -0.2) is 0 Å². The van der Waals surface area contributed by atoms with E-state index < -0.39 is 0 Å². The van der Waals surface area contributed by atoms with Crippen molar-refractivity contribution in [2.24, 2.45) is 0 Å². The van der Waals surface area contributed by atoms with E-state index in [9.17, 15) is 0 Å². The summed E-state index contributed by atoms with van der Waals surface area (Å²) < 4.78 is 0. The molecule has 0 aromatic rings. The van der Waals surface area contributed by atoms with Gasteiger partial charge in [-0.05, 0) is 0 Å². The quantitative estimate of drug-likeness (QED) is 0.231. The predicted molar refractivity (Wildman–Crippen MR) is 13.0 cm³/mol. The van der Waals surface area contributed by atoms with E-state index in [4.69, 9.17) is 25.7 Å². The van der Waals surface area contributed by atoms with Crippen LogP contribution in [0, 0.1) is 25.7 Å². The minimum Gasteiger partial charge on any atom is -1.00 e. The molecule has 0 radical (unpaired) electrons. The van der Waals surface area contributed by atoms with E-state index in [1.807, 2.05) is 0 Å². The van der Waals surface area contributed by atoms with Crippen LogP contribution in [0.1, 0.15) is 0 Å². The Morgan fingerprint density at radius 3 is 0.600 bits per heavy atom. The Labute approximate surface area is 47.8 Å². The summed E-state index contributed by atoms with van der Waals surface area (Å²) in [5.41, 5.74) is 0. The van der Waals surface area contributed by atoms with Crippen molar-refractivity contribution in [2.45, 2.75) is 0 Å². The Morgan fingerprint density at radius 2 is 0.600 bits per heavy atom. The molecule has 0 aromatic carbocycles. The summed E-state index contributed by atoms with van der Waals surface area (Å²) in [5.74, 6) is 0. The summed E-state index contributed by atoms with van der Waals surface area (Å²) in [7, 11) is 0. The third-order valence-electron chi connectivity index (χ3n) is 0. The Morgan fingerprint density at radius 1 is 0.600 bits per heavy atom. The van der Waals surface area contributed by atoms with Crippen LogP contribution in [0.4, 0.5) is 0 Å². The zero-order chi connectivity index (χ0) is 4.00. The van der Waals surface area contributed by atoms with Gasteiger partial charge in [0, 0.05) is 0 Å². The van der Waals surface area contributed by atoms with Crippen LogP contribution in [0.3, 0.4) is 0 Å². The van der Waals surface area contributed by atoms with Gasteiger partial charge in [-0.2, -0.15) is 0 Å². The molecule has 0 amide bonds. The maximum atomic E-state index is 5.00. The van der Waals surface area contributed by atoms with Crippen molar-refractivity contribution in [3.8, 4) is 0 Å². The summed E-state index contributed by atoms with van der Waals surface area (Å²) in [6, 6.07) is 0. The van der Waals surface area contributed by atoms with Crippen molar-refractivity contribution >= 4 is 0 Å². The fraction of sp³-hybridized carbons (Fsp3) is 0. The molecular formula is C4Ti. The first-order valence-corrected chi connectivity index (χ1v) is 0.500. The molecule has 0 rings (SSSR count). The van der Waals surface area contributed by atoms with Crippen LogP contribution >= 0.6 is 0 Å². The molecular weight excluding hydrogens is 95.9 g/mol.